The third-order valence-electron chi connectivity index (χ3n) is 4.93. The van der Waals surface area contributed by atoms with Gasteiger partial charge in [0.25, 0.3) is 0 Å². The predicted molar refractivity (Wildman–Crippen MR) is 111 cm³/mol. The number of methoxy groups -OCH3 is 1. The maximum Gasteiger partial charge on any atom is 0.203 e. The zero-order chi connectivity index (χ0) is 19.1. The van der Waals surface area contributed by atoms with Crippen LogP contribution >= 0.6 is 22.9 Å². The summed E-state index contributed by atoms with van der Waals surface area (Å²) < 4.78 is 8.31. The van der Waals surface area contributed by atoms with Gasteiger partial charge in [0.15, 0.2) is 10.9 Å². The van der Waals surface area contributed by atoms with Crippen molar-refractivity contribution >= 4 is 49.8 Å². The van der Waals surface area contributed by atoms with E-state index in [1.807, 2.05) is 22.7 Å². The highest BCUT2D eigenvalue weighted by Crippen LogP contribution is 2.39. The topological polar surface area (TPSA) is 71.7 Å². The van der Waals surface area contributed by atoms with Crippen LogP contribution < -0.4 is 14.5 Å². The second-order valence-electron chi connectivity index (χ2n) is 6.56. The highest BCUT2D eigenvalue weighted by atomic mass is 35.5. The molecule has 0 bridgehead atoms. The van der Waals surface area contributed by atoms with Gasteiger partial charge in [0.2, 0.25) is 5.65 Å². The molecule has 0 amide bonds. The van der Waals surface area contributed by atoms with Crippen LogP contribution in [0.3, 0.4) is 0 Å². The van der Waals surface area contributed by atoms with E-state index >= 15 is 0 Å². The smallest absolute Gasteiger partial charge is 0.203 e. The van der Waals surface area contributed by atoms with Crippen LogP contribution in [0.4, 0.5) is 10.9 Å². The fourth-order valence-corrected chi connectivity index (χ4v) is 4.84. The Morgan fingerprint density at radius 2 is 2.00 bits per heavy atom. The summed E-state index contributed by atoms with van der Waals surface area (Å²) in [6.45, 7) is 3.51. The average Bonchev–Trinajstić information content (AvgIpc) is 3.30. The van der Waals surface area contributed by atoms with Gasteiger partial charge in [-0.1, -0.05) is 22.9 Å². The molecule has 3 aromatic heterocycles. The van der Waals surface area contributed by atoms with Gasteiger partial charge in [0.1, 0.15) is 17.6 Å². The van der Waals surface area contributed by atoms with E-state index < -0.39 is 0 Å². The van der Waals surface area contributed by atoms with Crippen LogP contribution in [-0.2, 0) is 0 Å². The summed E-state index contributed by atoms with van der Waals surface area (Å²) in [6, 6.07) is 3.73. The van der Waals surface area contributed by atoms with Gasteiger partial charge < -0.3 is 14.5 Å². The molecule has 4 aromatic rings. The minimum atomic E-state index is 0.707. The maximum absolute atomic E-state index is 6.38. The molecule has 1 saturated heterocycles. The number of halogens is 1. The fourth-order valence-electron chi connectivity index (χ4n) is 3.53. The third-order valence-corrected chi connectivity index (χ3v) is 6.51. The van der Waals surface area contributed by atoms with Gasteiger partial charge in [-0.05, 0) is 18.6 Å². The average molecular weight is 416 g/mol. The second-order valence-corrected chi connectivity index (χ2v) is 7.95. The number of hydrogen-bond acceptors (Lipinski definition) is 8. The van der Waals surface area contributed by atoms with Crippen LogP contribution in [-0.4, -0.2) is 57.9 Å². The summed E-state index contributed by atoms with van der Waals surface area (Å²) in [5, 5.41) is 9.89. The van der Waals surface area contributed by atoms with E-state index in [1.165, 1.54) is 0 Å². The minimum absolute atomic E-state index is 0.707. The van der Waals surface area contributed by atoms with E-state index in [2.05, 4.69) is 25.0 Å². The molecule has 0 unspecified atom stereocenters. The van der Waals surface area contributed by atoms with Crippen molar-refractivity contribution < 1.29 is 4.74 Å². The van der Waals surface area contributed by atoms with E-state index in [-0.39, 0.29) is 0 Å². The largest absolute Gasteiger partial charge is 0.494 e. The Kier molecular flexibility index (Phi) is 4.40. The second kappa shape index (κ2) is 7.06. The van der Waals surface area contributed by atoms with E-state index in [0.29, 0.717) is 5.02 Å². The molecule has 0 saturated carbocycles. The van der Waals surface area contributed by atoms with Crippen molar-refractivity contribution in [2.75, 3.05) is 43.1 Å². The van der Waals surface area contributed by atoms with Crippen molar-refractivity contribution in [2.45, 2.75) is 6.42 Å². The monoisotopic (exact) mass is 415 g/mol. The van der Waals surface area contributed by atoms with Gasteiger partial charge in [-0.25, -0.2) is 9.97 Å². The molecule has 10 heteroatoms. The summed E-state index contributed by atoms with van der Waals surface area (Å²) >= 11 is 8.00. The van der Waals surface area contributed by atoms with E-state index in [0.717, 1.165) is 65.2 Å². The first kappa shape index (κ1) is 17.4. The summed E-state index contributed by atoms with van der Waals surface area (Å²) in [5.41, 5.74) is 1.61. The molecule has 0 radical (unpaired) electrons. The first-order valence-corrected chi connectivity index (χ1v) is 10.2. The molecule has 8 nitrogen and oxygen atoms in total. The number of thiazole rings is 1. The quantitative estimate of drug-likeness (QED) is 0.509. The van der Waals surface area contributed by atoms with E-state index in [1.54, 1.807) is 31.0 Å². The lowest BCUT2D eigenvalue weighted by molar-refractivity contribution is 0.419. The molecule has 1 aliphatic heterocycles. The molecular formula is C18H18ClN7OS. The number of rotatable bonds is 3. The van der Waals surface area contributed by atoms with Crippen molar-refractivity contribution in [1.82, 2.24) is 24.6 Å². The van der Waals surface area contributed by atoms with Crippen molar-refractivity contribution in [3.05, 3.63) is 35.9 Å². The van der Waals surface area contributed by atoms with Gasteiger partial charge in [0.05, 0.1) is 16.8 Å². The maximum atomic E-state index is 6.38. The van der Waals surface area contributed by atoms with Crippen LogP contribution in [0.1, 0.15) is 6.42 Å². The molecule has 0 spiro atoms. The Hall–Kier alpha value is -2.65. The van der Waals surface area contributed by atoms with Crippen molar-refractivity contribution in [1.29, 1.82) is 0 Å². The lowest BCUT2D eigenvalue weighted by atomic mass is 10.3. The van der Waals surface area contributed by atoms with Crippen LogP contribution in [0.5, 0.6) is 5.75 Å². The molecular weight excluding hydrogens is 398 g/mol. The summed E-state index contributed by atoms with van der Waals surface area (Å²) in [5.74, 6) is 1.62. The molecule has 0 aliphatic carbocycles. The Morgan fingerprint density at radius 1 is 1.14 bits per heavy atom. The number of hydrogen-bond donors (Lipinski definition) is 0. The first-order valence-electron chi connectivity index (χ1n) is 9.02. The zero-order valence-electron chi connectivity index (χ0n) is 15.2. The first-order chi connectivity index (χ1) is 13.7. The molecule has 28 heavy (non-hydrogen) atoms. The molecule has 1 aliphatic rings. The van der Waals surface area contributed by atoms with Gasteiger partial charge in [0, 0.05) is 38.6 Å². The normalized spacial score (nSPS) is 15.4. The van der Waals surface area contributed by atoms with Crippen molar-refractivity contribution in [2.24, 2.45) is 0 Å². The molecule has 5 rings (SSSR count). The molecule has 4 heterocycles. The van der Waals surface area contributed by atoms with E-state index in [4.69, 9.17) is 21.3 Å². The van der Waals surface area contributed by atoms with Crippen molar-refractivity contribution in [3.8, 4) is 5.75 Å². The number of aromatic nitrogens is 5. The Labute approximate surface area is 170 Å². The van der Waals surface area contributed by atoms with E-state index in [9.17, 15) is 0 Å². The van der Waals surface area contributed by atoms with Crippen LogP contribution in [0.2, 0.25) is 5.02 Å². The SMILES string of the molecule is COc1ccc(Cl)c2sc(N3CCCN(c4nccn5cnnc45)CC3)nc12. The molecule has 144 valence electrons. The number of anilines is 2. The Bertz CT molecular complexity index is 1140. The lowest BCUT2D eigenvalue weighted by Gasteiger charge is -2.22. The Morgan fingerprint density at radius 3 is 2.89 bits per heavy atom. The summed E-state index contributed by atoms with van der Waals surface area (Å²) in [6.07, 6.45) is 6.35. The summed E-state index contributed by atoms with van der Waals surface area (Å²) in [7, 11) is 1.66. The Balaban J connectivity index is 1.42. The standard InChI is InChI=1S/C18H18ClN7OS/c1-27-13-4-3-12(19)15-14(13)22-18(28-15)25-7-2-6-24(9-10-25)16-17-23-21-11-26(17)8-5-20-16/h3-5,8,11H,2,6-7,9-10H2,1H3. The molecule has 1 aromatic carbocycles. The van der Waals surface area contributed by atoms with Gasteiger partial charge in [-0.2, -0.15) is 0 Å². The van der Waals surface area contributed by atoms with Crippen LogP contribution in [0, 0.1) is 0 Å². The number of fused-ring (bicyclic) bond motifs is 2. The summed E-state index contributed by atoms with van der Waals surface area (Å²) in [4.78, 5) is 14.0. The highest BCUT2D eigenvalue weighted by molar-refractivity contribution is 7.22. The van der Waals surface area contributed by atoms with Crippen LogP contribution in [0.25, 0.3) is 15.9 Å². The molecule has 1 fully saturated rings. The number of ether oxygens (including phenoxy) is 1. The molecule has 0 atom stereocenters. The van der Waals surface area contributed by atoms with Crippen molar-refractivity contribution in [3.63, 3.8) is 0 Å². The van der Waals surface area contributed by atoms with Gasteiger partial charge in [-0.3, -0.25) is 4.40 Å². The van der Waals surface area contributed by atoms with Gasteiger partial charge >= 0.3 is 0 Å². The van der Waals surface area contributed by atoms with Crippen LogP contribution in [0.15, 0.2) is 30.9 Å². The lowest BCUT2D eigenvalue weighted by Crippen LogP contribution is -2.31. The third kappa shape index (κ3) is 2.91. The number of benzene rings is 1. The van der Waals surface area contributed by atoms with Gasteiger partial charge in [-0.15, -0.1) is 10.2 Å². The minimum Gasteiger partial charge on any atom is -0.494 e. The zero-order valence-corrected chi connectivity index (χ0v) is 16.8. The number of nitrogens with zero attached hydrogens (tertiary/aromatic N) is 7. The highest BCUT2D eigenvalue weighted by Gasteiger charge is 2.22. The predicted octanol–water partition coefficient (Wildman–Crippen LogP) is 3.11. The molecule has 0 N–H and O–H groups in total. The fraction of sp³-hybridized carbons (Fsp3) is 0.333.